The number of nitro groups is 1. The zero-order valence-corrected chi connectivity index (χ0v) is 18.1. The zero-order valence-electron chi connectivity index (χ0n) is 16.5. The smallest absolute Gasteiger partial charge is 0.410 e. The predicted octanol–water partition coefficient (Wildman–Crippen LogP) is 4.26. The number of ether oxygens (including phenoxy) is 1. The normalized spacial score (nSPS) is 10.7. The Morgan fingerprint density at radius 3 is 2.17 bits per heavy atom. The van der Waals surface area contributed by atoms with E-state index in [4.69, 9.17) is 4.74 Å². The molecule has 0 bridgehead atoms. The summed E-state index contributed by atoms with van der Waals surface area (Å²) in [5.41, 5.74) is 1.98. The summed E-state index contributed by atoms with van der Waals surface area (Å²) in [5, 5.41) is 17.2. The highest BCUT2D eigenvalue weighted by Gasteiger charge is 2.11. The van der Waals surface area contributed by atoms with Gasteiger partial charge in [-0.3, -0.25) is 10.1 Å². The summed E-state index contributed by atoms with van der Waals surface area (Å²) in [6, 6.07) is 13.8. The van der Waals surface area contributed by atoms with Gasteiger partial charge in [-0.1, -0.05) is 12.1 Å². The van der Waals surface area contributed by atoms with Crippen LogP contribution in [0.1, 0.15) is 18.0 Å². The summed E-state index contributed by atoms with van der Waals surface area (Å²) in [6.45, 7) is 0.695. The second-order valence-electron chi connectivity index (χ2n) is 6.19. The number of halogens is 2. The van der Waals surface area contributed by atoms with Crippen LogP contribution >= 0.6 is 24.8 Å². The molecular formula is C19H26Cl2N4O4. The van der Waals surface area contributed by atoms with Gasteiger partial charge in [0.25, 0.3) is 5.69 Å². The monoisotopic (exact) mass is 444 g/mol. The maximum Gasteiger partial charge on any atom is 0.414 e. The molecule has 0 aliphatic heterocycles. The van der Waals surface area contributed by atoms with Crippen LogP contribution in [0.4, 0.5) is 16.2 Å². The third-order valence-corrected chi connectivity index (χ3v) is 4.04. The number of hydrogen-bond donors (Lipinski definition) is 2. The van der Waals surface area contributed by atoms with Crippen LogP contribution in [0.15, 0.2) is 48.5 Å². The highest BCUT2D eigenvalue weighted by Crippen LogP contribution is 2.21. The van der Waals surface area contributed by atoms with Gasteiger partial charge in [0.05, 0.1) is 4.92 Å². The van der Waals surface area contributed by atoms with Gasteiger partial charge in [-0.25, -0.2) is 4.79 Å². The Balaban J connectivity index is 0.00000392. The molecule has 0 aliphatic rings. The van der Waals surface area contributed by atoms with Crippen LogP contribution in [0.2, 0.25) is 0 Å². The Labute approximate surface area is 182 Å². The van der Waals surface area contributed by atoms with Crippen LogP contribution in [0.25, 0.3) is 0 Å². The molecule has 0 aromatic heterocycles. The van der Waals surface area contributed by atoms with Crippen molar-refractivity contribution < 1.29 is 14.5 Å². The number of benzene rings is 2. The summed E-state index contributed by atoms with van der Waals surface area (Å²) in [5.74, 6) is 0.497. The molecule has 2 aromatic rings. The maximum atomic E-state index is 11.6. The third-order valence-electron chi connectivity index (χ3n) is 4.04. The molecule has 0 saturated heterocycles. The fourth-order valence-electron chi connectivity index (χ4n) is 2.50. The Hall–Kier alpha value is -2.55. The van der Waals surface area contributed by atoms with Crippen molar-refractivity contribution in [2.45, 2.75) is 12.5 Å². The van der Waals surface area contributed by atoms with Crippen LogP contribution in [0, 0.1) is 10.1 Å². The number of carbonyl (C=O) groups excluding carboxylic acids is 1. The molecule has 2 N–H and O–H groups in total. The number of non-ortho nitro benzene ring substituents is 1. The van der Waals surface area contributed by atoms with Gasteiger partial charge in [0.1, 0.15) is 5.75 Å². The van der Waals surface area contributed by atoms with E-state index in [1.807, 2.05) is 19.2 Å². The molecule has 0 heterocycles. The van der Waals surface area contributed by atoms with E-state index in [0.29, 0.717) is 12.3 Å². The Morgan fingerprint density at radius 1 is 1.10 bits per heavy atom. The summed E-state index contributed by atoms with van der Waals surface area (Å²) in [7, 11) is 5.15. The van der Waals surface area contributed by atoms with E-state index >= 15 is 0 Å². The lowest BCUT2D eigenvalue weighted by Crippen LogP contribution is -2.25. The topological polar surface area (TPSA) is 96.7 Å². The first-order chi connectivity index (χ1) is 12.9. The van der Waals surface area contributed by atoms with Crippen molar-refractivity contribution in [3.8, 4) is 5.75 Å². The standard InChI is InChI=1S/C19H24N4O4.2ClH/c1-20-18(12-13-21-15-6-8-16(9-7-15)23(25)26)14-4-10-17(11-5-14)27-19(24)22(2)3;;/h4-11,18,20-21H,12-13H2,1-3H3;2*1H. The largest absolute Gasteiger partial charge is 0.414 e. The average Bonchev–Trinajstić information content (AvgIpc) is 2.66. The lowest BCUT2D eigenvalue weighted by atomic mass is 10.0. The van der Waals surface area contributed by atoms with Gasteiger partial charge >= 0.3 is 6.09 Å². The molecule has 1 unspecified atom stereocenters. The molecule has 2 aromatic carbocycles. The fourth-order valence-corrected chi connectivity index (χ4v) is 2.50. The van der Waals surface area contributed by atoms with E-state index in [2.05, 4.69) is 10.6 Å². The summed E-state index contributed by atoms with van der Waals surface area (Å²) in [4.78, 5) is 23.2. The number of anilines is 1. The minimum Gasteiger partial charge on any atom is -0.410 e. The third kappa shape index (κ3) is 8.15. The first kappa shape index (κ1) is 26.4. The zero-order chi connectivity index (χ0) is 19.8. The van der Waals surface area contributed by atoms with Gasteiger partial charge in [-0.15, -0.1) is 24.8 Å². The first-order valence-electron chi connectivity index (χ1n) is 8.55. The SMILES string of the molecule is CNC(CCNc1ccc([N+](=O)[O-])cc1)c1ccc(OC(=O)N(C)C)cc1.Cl.Cl. The molecule has 10 heteroatoms. The van der Waals surface area contributed by atoms with Crippen molar-refractivity contribution >= 4 is 42.3 Å². The molecular weight excluding hydrogens is 419 g/mol. The van der Waals surface area contributed by atoms with Crippen molar-refractivity contribution in [1.29, 1.82) is 0 Å². The molecule has 0 spiro atoms. The Bertz CT molecular complexity index is 771. The van der Waals surface area contributed by atoms with Gasteiger partial charge in [-0.2, -0.15) is 0 Å². The van der Waals surface area contributed by atoms with Gasteiger partial charge in [0, 0.05) is 44.5 Å². The molecule has 0 aliphatic carbocycles. The molecule has 1 amide bonds. The van der Waals surface area contributed by atoms with Crippen molar-refractivity contribution in [2.75, 3.05) is 33.0 Å². The van der Waals surface area contributed by atoms with E-state index < -0.39 is 11.0 Å². The predicted molar refractivity (Wildman–Crippen MR) is 119 cm³/mol. The second kappa shape index (κ2) is 12.8. The number of amides is 1. The highest BCUT2D eigenvalue weighted by molar-refractivity contribution is 5.85. The molecule has 29 heavy (non-hydrogen) atoms. The molecule has 0 fully saturated rings. The number of hydrogen-bond acceptors (Lipinski definition) is 6. The molecule has 1 atom stereocenters. The van der Waals surface area contributed by atoms with Crippen LogP contribution in [0.5, 0.6) is 5.75 Å². The fraction of sp³-hybridized carbons (Fsp3) is 0.316. The van der Waals surface area contributed by atoms with E-state index in [0.717, 1.165) is 17.7 Å². The number of carbonyl (C=O) groups is 1. The number of rotatable bonds is 8. The van der Waals surface area contributed by atoms with Crippen LogP contribution in [-0.4, -0.2) is 43.6 Å². The Kier molecular flexibility index (Phi) is 11.7. The van der Waals surface area contributed by atoms with E-state index in [1.54, 1.807) is 38.4 Å². The average molecular weight is 445 g/mol. The molecule has 0 saturated carbocycles. The van der Waals surface area contributed by atoms with Gasteiger partial charge in [0.15, 0.2) is 0 Å². The van der Waals surface area contributed by atoms with E-state index in [9.17, 15) is 14.9 Å². The lowest BCUT2D eigenvalue weighted by molar-refractivity contribution is -0.384. The summed E-state index contributed by atoms with van der Waals surface area (Å²) < 4.78 is 5.22. The van der Waals surface area contributed by atoms with Crippen LogP contribution < -0.4 is 15.4 Å². The first-order valence-corrected chi connectivity index (χ1v) is 8.55. The van der Waals surface area contributed by atoms with Crippen molar-refractivity contribution in [3.05, 3.63) is 64.2 Å². The Morgan fingerprint density at radius 2 is 1.69 bits per heavy atom. The molecule has 160 valence electrons. The number of nitro benzene ring substituents is 1. The molecule has 8 nitrogen and oxygen atoms in total. The van der Waals surface area contributed by atoms with Gasteiger partial charge < -0.3 is 20.3 Å². The second-order valence-corrected chi connectivity index (χ2v) is 6.19. The quantitative estimate of drug-likeness (QED) is 0.466. The van der Waals surface area contributed by atoms with Crippen molar-refractivity contribution in [2.24, 2.45) is 0 Å². The van der Waals surface area contributed by atoms with Gasteiger partial charge in [0.2, 0.25) is 0 Å². The number of nitrogens with one attached hydrogen (secondary N) is 2. The van der Waals surface area contributed by atoms with Gasteiger partial charge in [-0.05, 0) is 43.3 Å². The number of nitrogens with zero attached hydrogens (tertiary/aromatic N) is 2. The minimum absolute atomic E-state index is 0. The minimum atomic E-state index is -0.416. The highest BCUT2D eigenvalue weighted by atomic mass is 35.5. The summed E-state index contributed by atoms with van der Waals surface area (Å²) >= 11 is 0. The van der Waals surface area contributed by atoms with Crippen molar-refractivity contribution in [1.82, 2.24) is 10.2 Å². The van der Waals surface area contributed by atoms with Crippen molar-refractivity contribution in [3.63, 3.8) is 0 Å². The van der Waals surface area contributed by atoms with E-state index in [1.165, 1.54) is 17.0 Å². The molecule has 2 rings (SSSR count). The lowest BCUT2D eigenvalue weighted by Gasteiger charge is -2.18. The summed E-state index contributed by atoms with van der Waals surface area (Å²) in [6.07, 6.45) is 0.393. The van der Waals surface area contributed by atoms with Crippen LogP contribution in [0.3, 0.4) is 0 Å². The van der Waals surface area contributed by atoms with Crippen LogP contribution in [-0.2, 0) is 0 Å². The van der Waals surface area contributed by atoms with E-state index in [-0.39, 0.29) is 36.5 Å². The molecule has 0 radical (unpaired) electrons. The maximum absolute atomic E-state index is 11.6.